The van der Waals surface area contributed by atoms with E-state index in [2.05, 4.69) is 0 Å². The third-order valence-corrected chi connectivity index (χ3v) is 4.24. The molecule has 6 nitrogen and oxygen atoms in total. The molecule has 24 heavy (non-hydrogen) atoms. The summed E-state index contributed by atoms with van der Waals surface area (Å²) in [6.07, 6.45) is 1.13. The van der Waals surface area contributed by atoms with Crippen molar-refractivity contribution in [2.24, 2.45) is 5.92 Å². The molecular weight excluding hydrogens is 339 g/mol. The first-order valence-corrected chi connectivity index (χ1v) is 7.88. The summed E-state index contributed by atoms with van der Waals surface area (Å²) in [7, 11) is 1.39. The molecule has 1 heterocycles. The van der Waals surface area contributed by atoms with Gasteiger partial charge in [-0.25, -0.2) is 4.39 Å². The van der Waals surface area contributed by atoms with Gasteiger partial charge in [0.15, 0.2) is 0 Å². The van der Waals surface area contributed by atoms with Crippen LogP contribution in [-0.2, 0) is 9.59 Å². The minimum absolute atomic E-state index is 0.127. The van der Waals surface area contributed by atoms with Crippen LogP contribution in [0.1, 0.15) is 23.2 Å². The lowest BCUT2D eigenvalue weighted by molar-refractivity contribution is -0.145. The molecular formula is C16H18ClFN2O4. The SMILES string of the molecule is CN(CC(=O)N1CCCC(C(=O)O)C1)C(=O)c1cc(Cl)ccc1F. The van der Waals surface area contributed by atoms with Crippen molar-refractivity contribution in [1.82, 2.24) is 9.80 Å². The fourth-order valence-corrected chi connectivity index (χ4v) is 2.82. The minimum atomic E-state index is -0.932. The maximum atomic E-state index is 13.7. The normalized spacial score (nSPS) is 17.5. The van der Waals surface area contributed by atoms with Crippen LogP contribution in [0.4, 0.5) is 4.39 Å². The largest absolute Gasteiger partial charge is 0.481 e. The van der Waals surface area contributed by atoms with E-state index in [-0.39, 0.29) is 29.6 Å². The number of benzene rings is 1. The number of amides is 2. The number of hydrogen-bond donors (Lipinski definition) is 1. The standard InChI is InChI=1S/C16H18ClFN2O4/c1-19(15(22)12-7-11(17)4-5-13(12)18)9-14(21)20-6-2-3-10(8-20)16(23)24/h4-5,7,10H,2-3,6,8-9H2,1H3,(H,23,24). The molecule has 1 aromatic rings. The number of halogens is 2. The molecule has 2 rings (SSSR count). The van der Waals surface area contributed by atoms with E-state index in [9.17, 15) is 18.8 Å². The predicted octanol–water partition coefficient (Wildman–Crippen LogP) is 1.87. The molecule has 1 aliphatic heterocycles. The van der Waals surface area contributed by atoms with Gasteiger partial charge in [0, 0.05) is 25.2 Å². The van der Waals surface area contributed by atoms with Crippen LogP contribution in [0.15, 0.2) is 18.2 Å². The third kappa shape index (κ3) is 4.23. The summed E-state index contributed by atoms with van der Waals surface area (Å²) in [5, 5.41) is 9.28. The van der Waals surface area contributed by atoms with E-state index in [1.54, 1.807) is 0 Å². The Kier molecular flexibility index (Phi) is 5.77. The Morgan fingerprint density at radius 1 is 1.42 bits per heavy atom. The smallest absolute Gasteiger partial charge is 0.308 e. The number of likely N-dealkylation sites (N-methyl/N-ethyl adjacent to an activating group) is 1. The first kappa shape index (κ1) is 18.2. The fraction of sp³-hybridized carbons (Fsp3) is 0.438. The van der Waals surface area contributed by atoms with Crippen molar-refractivity contribution in [2.75, 3.05) is 26.7 Å². The summed E-state index contributed by atoms with van der Waals surface area (Å²) in [4.78, 5) is 38.1. The lowest BCUT2D eigenvalue weighted by Crippen LogP contribution is -2.47. The Bertz CT molecular complexity index is 667. The van der Waals surface area contributed by atoms with E-state index in [1.165, 1.54) is 24.1 Å². The van der Waals surface area contributed by atoms with Gasteiger partial charge >= 0.3 is 5.97 Å². The highest BCUT2D eigenvalue weighted by atomic mass is 35.5. The van der Waals surface area contributed by atoms with Crippen LogP contribution >= 0.6 is 11.6 Å². The number of aliphatic carboxylic acids is 1. The van der Waals surface area contributed by atoms with E-state index in [1.807, 2.05) is 0 Å². The number of carbonyl (C=O) groups is 3. The quantitative estimate of drug-likeness (QED) is 0.893. The number of rotatable bonds is 4. The topological polar surface area (TPSA) is 77.9 Å². The molecule has 1 aliphatic rings. The second-order valence-electron chi connectivity index (χ2n) is 5.80. The molecule has 130 valence electrons. The molecule has 1 fully saturated rings. The number of hydrogen-bond acceptors (Lipinski definition) is 3. The zero-order valence-electron chi connectivity index (χ0n) is 13.2. The lowest BCUT2D eigenvalue weighted by atomic mass is 9.98. The Labute approximate surface area is 143 Å². The van der Waals surface area contributed by atoms with E-state index >= 15 is 0 Å². The summed E-state index contributed by atoms with van der Waals surface area (Å²) in [6.45, 7) is 0.328. The van der Waals surface area contributed by atoms with Crippen molar-refractivity contribution < 1.29 is 23.9 Å². The van der Waals surface area contributed by atoms with Gasteiger partial charge < -0.3 is 14.9 Å². The maximum Gasteiger partial charge on any atom is 0.308 e. The molecule has 0 aromatic heterocycles. The molecule has 1 N–H and O–H groups in total. The number of likely N-dealkylation sites (tertiary alicyclic amines) is 1. The molecule has 1 atom stereocenters. The van der Waals surface area contributed by atoms with Gasteiger partial charge in [-0.3, -0.25) is 14.4 Å². The molecule has 1 saturated heterocycles. The van der Waals surface area contributed by atoms with Crippen LogP contribution in [0.25, 0.3) is 0 Å². The fourth-order valence-electron chi connectivity index (χ4n) is 2.65. The van der Waals surface area contributed by atoms with Gasteiger partial charge in [-0.1, -0.05) is 11.6 Å². The monoisotopic (exact) mass is 356 g/mol. The zero-order valence-corrected chi connectivity index (χ0v) is 13.9. The Morgan fingerprint density at radius 3 is 2.79 bits per heavy atom. The van der Waals surface area contributed by atoms with Gasteiger partial charge in [-0.15, -0.1) is 0 Å². The Hall–Kier alpha value is -2.15. The second kappa shape index (κ2) is 7.61. The minimum Gasteiger partial charge on any atom is -0.481 e. The molecule has 0 radical (unpaired) electrons. The number of piperidine rings is 1. The summed E-state index contributed by atoms with van der Waals surface area (Å²) in [5.74, 6) is -3.26. The second-order valence-corrected chi connectivity index (χ2v) is 6.24. The van der Waals surface area contributed by atoms with Gasteiger partial charge in [0.2, 0.25) is 5.91 Å². The summed E-state index contributed by atoms with van der Waals surface area (Å²) in [5.41, 5.74) is -0.208. The maximum absolute atomic E-state index is 13.7. The molecule has 2 amide bonds. The molecule has 1 aromatic carbocycles. The van der Waals surface area contributed by atoms with Crippen LogP contribution in [0, 0.1) is 11.7 Å². The van der Waals surface area contributed by atoms with Crippen molar-refractivity contribution in [3.8, 4) is 0 Å². The molecule has 0 saturated carbocycles. The number of carbonyl (C=O) groups excluding carboxylic acids is 2. The summed E-state index contributed by atoms with van der Waals surface area (Å²) in [6, 6.07) is 3.63. The van der Waals surface area contributed by atoms with Crippen molar-refractivity contribution >= 4 is 29.4 Å². The van der Waals surface area contributed by atoms with Gasteiger partial charge in [-0.05, 0) is 31.0 Å². The number of carboxylic acid groups (broad SMARTS) is 1. The zero-order chi connectivity index (χ0) is 17.9. The van der Waals surface area contributed by atoms with Gasteiger partial charge in [0.05, 0.1) is 18.0 Å². The first-order valence-electron chi connectivity index (χ1n) is 7.50. The Morgan fingerprint density at radius 2 is 2.12 bits per heavy atom. The number of carboxylic acids is 1. The van der Waals surface area contributed by atoms with Crippen molar-refractivity contribution in [2.45, 2.75) is 12.8 Å². The van der Waals surface area contributed by atoms with Crippen LogP contribution in [0.3, 0.4) is 0 Å². The van der Waals surface area contributed by atoms with Crippen molar-refractivity contribution in [1.29, 1.82) is 0 Å². The van der Waals surface area contributed by atoms with Crippen LogP contribution in [0.5, 0.6) is 0 Å². The first-order chi connectivity index (χ1) is 11.3. The van der Waals surface area contributed by atoms with Crippen LogP contribution in [0.2, 0.25) is 5.02 Å². The van der Waals surface area contributed by atoms with Crippen LogP contribution < -0.4 is 0 Å². The Balaban J connectivity index is 2.01. The van der Waals surface area contributed by atoms with Gasteiger partial charge in [-0.2, -0.15) is 0 Å². The summed E-state index contributed by atoms with van der Waals surface area (Å²) >= 11 is 5.77. The van der Waals surface area contributed by atoms with Gasteiger partial charge in [0.1, 0.15) is 5.82 Å². The van der Waals surface area contributed by atoms with E-state index in [0.29, 0.717) is 19.4 Å². The predicted molar refractivity (Wildman–Crippen MR) is 85.3 cm³/mol. The third-order valence-electron chi connectivity index (χ3n) is 4.00. The van der Waals surface area contributed by atoms with E-state index < -0.39 is 23.6 Å². The van der Waals surface area contributed by atoms with Gasteiger partial charge in [0.25, 0.3) is 5.91 Å². The molecule has 0 bridgehead atoms. The average Bonchev–Trinajstić information content (AvgIpc) is 2.56. The highest BCUT2D eigenvalue weighted by Gasteiger charge is 2.29. The molecule has 0 aliphatic carbocycles. The highest BCUT2D eigenvalue weighted by molar-refractivity contribution is 6.31. The van der Waals surface area contributed by atoms with Crippen molar-refractivity contribution in [3.63, 3.8) is 0 Å². The molecule has 8 heteroatoms. The van der Waals surface area contributed by atoms with Crippen molar-refractivity contribution in [3.05, 3.63) is 34.6 Å². The average molecular weight is 357 g/mol. The van der Waals surface area contributed by atoms with E-state index in [4.69, 9.17) is 16.7 Å². The summed E-state index contributed by atoms with van der Waals surface area (Å²) < 4.78 is 13.7. The van der Waals surface area contributed by atoms with E-state index in [0.717, 1.165) is 11.0 Å². The lowest BCUT2D eigenvalue weighted by Gasteiger charge is -2.32. The molecule has 0 spiro atoms. The number of nitrogens with zero attached hydrogens (tertiary/aromatic N) is 2. The highest BCUT2D eigenvalue weighted by Crippen LogP contribution is 2.18. The van der Waals surface area contributed by atoms with Crippen LogP contribution in [-0.4, -0.2) is 59.4 Å². The molecule has 1 unspecified atom stereocenters.